The molecule has 2 rings (SSSR count). The Morgan fingerprint density at radius 1 is 0.661 bits per heavy atom. The molecule has 1 unspecified atom stereocenters. The molecule has 310 valence electrons. The van der Waals surface area contributed by atoms with Crippen molar-refractivity contribution in [2.45, 2.75) is 116 Å². The highest BCUT2D eigenvalue weighted by Crippen LogP contribution is 2.22. The van der Waals surface area contributed by atoms with Crippen LogP contribution in [0.15, 0.2) is 60.7 Å². The summed E-state index contributed by atoms with van der Waals surface area (Å²) in [5.41, 5.74) is -1.56. The molecule has 56 heavy (non-hydrogen) atoms. The third-order valence-electron chi connectivity index (χ3n) is 8.26. The maximum atomic E-state index is 13.1. The molecule has 0 aliphatic heterocycles. The lowest BCUT2D eigenvalue weighted by atomic mass is 9.94. The number of aliphatic hydroxyl groups is 1. The van der Waals surface area contributed by atoms with Gasteiger partial charge in [-0.25, -0.2) is 14.9 Å². The van der Waals surface area contributed by atoms with Gasteiger partial charge in [-0.3, -0.25) is 33.6 Å². The van der Waals surface area contributed by atoms with Crippen LogP contribution in [0.3, 0.4) is 0 Å². The number of unbranched alkanes of at least 4 members (excludes halogenated alkanes) is 4. The minimum absolute atomic E-state index is 0.0665. The van der Waals surface area contributed by atoms with E-state index in [1.807, 2.05) is 60.7 Å². The first-order chi connectivity index (χ1) is 26.6. The Kier molecular flexibility index (Phi) is 21.4. The molecule has 0 saturated heterocycles. The molecule has 0 saturated carbocycles. The highest BCUT2D eigenvalue weighted by molar-refractivity contribution is 5.92. The smallest absolute Gasteiger partial charge is 0.339 e. The van der Waals surface area contributed by atoms with Gasteiger partial charge in [-0.1, -0.05) is 60.7 Å². The van der Waals surface area contributed by atoms with E-state index in [-0.39, 0.29) is 57.5 Å². The van der Waals surface area contributed by atoms with E-state index in [4.69, 9.17) is 14.4 Å². The van der Waals surface area contributed by atoms with Crippen molar-refractivity contribution in [1.29, 1.82) is 0 Å². The number of amides is 4. The van der Waals surface area contributed by atoms with Crippen LogP contribution in [-0.2, 0) is 61.1 Å². The molecule has 0 aliphatic rings. The zero-order valence-corrected chi connectivity index (χ0v) is 33.5. The van der Waals surface area contributed by atoms with Gasteiger partial charge < -0.3 is 25.2 Å². The van der Waals surface area contributed by atoms with Crippen molar-refractivity contribution in [1.82, 2.24) is 20.8 Å². The molecular formula is C41H60N4O11. The van der Waals surface area contributed by atoms with E-state index < -0.39 is 47.8 Å². The van der Waals surface area contributed by atoms with E-state index in [1.165, 1.54) is 24.2 Å². The normalized spacial score (nSPS) is 12.2. The van der Waals surface area contributed by atoms with Crippen LogP contribution in [0, 0.1) is 0 Å². The van der Waals surface area contributed by atoms with Crippen LogP contribution in [0.4, 0.5) is 0 Å². The molecular weight excluding hydrogens is 724 g/mol. The molecule has 15 nitrogen and oxygen atoms in total. The second-order valence-corrected chi connectivity index (χ2v) is 14.4. The third kappa shape index (κ3) is 20.2. The van der Waals surface area contributed by atoms with Crippen molar-refractivity contribution in [3.05, 3.63) is 71.8 Å². The number of hydroxylamine groups is 4. The van der Waals surface area contributed by atoms with Crippen molar-refractivity contribution in [3.63, 3.8) is 0 Å². The van der Waals surface area contributed by atoms with E-state index in [9.17, 15) is 33.9 Å². The molecule has 15 heteroatoms. The largest absolute Gasteiger partial charge is 0.469 e. The summed E-state index contributed by atoms with van der Waals surface area (Å²) in [5, 5.41) is 19.3. The number of nitrogens with one attached hydrogen (secondary N) is 2. The molecule has 4 amide bonds. The molecule has 3 N–H and O–H groups in total. The molecule has 2 aromatic carbocycles. The lowest BCUT2D eigenvalue weighted by Gasteiger charge is -2.29. The van der Waals surface area contributed by atoms with Gasteiger partial charge in [-0.2, -0.15) is 0 Å². The van der Waals surface area contributed by atoms with Gasteiger partial charge in [-0.15, -0.1) is 0 Å². The van der Waals surface area contributed by atoms with E-state index in [0.717, 1.165) is 11.1 Å². The van der Waals surface area contributed by atoms with E-state index in [0.29, 0.717) is 45.1 Å². The summed E-state index contributed by atoms with van der Waals surface area (Å²) < 4.78 is 10.0. The van der Waals surface area contributed by atoms with E-state index >= 15 is 0 Å². The Bertz CT molecular complexity index is 1520. The van der Waals surface area contributed by atoms with Gasteiger partial charge >= 0.3 is 11.9 Å². The Labute approximate surface area is 330 Å². The molecule has 2 aromatic rings. The number of hydrogen-bond donors (Lipinski definition) is 3. The minimum atomic E-state index is -2.40. The van der Waals surface area contributed by atoms with Gasteiger partial charge in [0.2, 0.25) is 23.6 Å². The highest BCUT2D eigenvalue weighted by atomic mass is 16.7. The van der Waals surface area contributed by atoms with Crippen LogP contribution in [0.1, 0.15) is 103 Å². The summed E-state index contributed by atoms with van der Waals surface area (Å²) in [6.45, 7) is 7.83. The zero-order valence-electron chi connectivity index (χ0n) is 33.5. The summed E-state index contributed by atoms with van der Waals surface area (Å²) in [6, 6.07) is 18.8. The fourth-order valence-electron chi connectivity index (χ4n) is 5.27. The van der Waals surface area contributed by atoms with Crippen LogP contribution < -0.4 is 10.6 Å². The maximum Gasteiger partial charge on any atom is 0.339 e. The topological polar surface area (TPSA) is 190 Å². The molecule has 0 fully saturated rings. The van der Waals surface area contributed by atoms with Gasteiger partial charge in [0.25, 0.3) is 0 Å². The number of ether oxygens (including phenoxy) is 2. The molecule has 0 heterocycles. The monoisotopic (exact) mass is 784 g/mol. The molecule has 0 aliphatic carbocycles. The Morgan fingerprint density at radius 3 is 1.57 bits per heavy atom. The first kappa shape index (κ1) is 47.3. The van der Waals surface area contributed by atoms with Gasteiger partial charge in [0.15, 0.2) is 5.60 Å². The summed E-state index contributed by atoms with van der Waals surface area (Å²) >= 11 is 0. The Balaban J connectivity index is 1.80. The van der Waals surface area contributed by atoms with Crippen molar-refractivity contribution >= 4 is 35.6 Å². The lowest BCUT2D eigenvalue weighted by molar-refractivity contribution is -0.192. The van der Waals surface area contributed by atoms with Crippen LogP contribution in [-0.4, -0.2) is 95.3 Å². The van der Waals surface area contributed by atoms with Crippen LogP contribution >= 0.6 is 0 Å². The predicted molar refractivity (Wildman–Crippen MR) is 207 cm³/mol. The SMILES string of the molecule is COC(=O)CCC(=O)N(CCCCCNC(=O)CC(O)(CC(=O)NCCCCCN(OCc1ccccc1)C(C)=O)C(=O)OC(C)(C)C)OCc1ccccc1. The summed E-state index contributed by atoms with van der Waals surface area (Å²) in [5.74, 6) is -3.41. The summed E-state index contributed by atoms with van der Waals surface area (Å²) in [7, 11) is 1.26. The van der Waals surface area contributed by atoms with Crippen molar-refractivity contribution in [2.75, 3.05) is 33.3 Å². The average Bonchev–Trinajstić information content (AvgIpc) is 3.15. The number of rotatable bonds is 26. The number of methoxy groups -OCH3 is 1. The molecule has 1 atom stereocenters. The molecule has 0 radical (unpaired) electrons. The van der Waals surface area contributed by atoms with Crippen molar-refractivity contribution in [3.8, 4) is 0 Å². The maximum absolute atomic E-state index is 13.1. The Morgan fingerprint density at radius 2 is 1.12 bits per heavy atom. The van der Waals surface area contributed by atoms with Gasteiger partial charge in [0, 0.05) is 39.5 Å². The van der Waals surface area contributed by atoms with Crippen molar-refractivity contribution < 1.29 is 53.0 Å². The fraction of sp³-hybridized carbons (Fsp3) is 0.561. The fourth-order valence-corrected chi connectivity index (χ4v) is 5.27. The van der Waals surface area contributed by atoms with Crippen LogP contribution in [0.2, 0.25) is 0 Å². The minimum Gasteiger partial charge on any atom is -0.469 e. The number of benzene rings is 2. The summed E-state index contributed by atoms with van der Waals surface area (Å²) in [6.07, 6.45) is 2.02. The van der Waals surface area contributed by atoms with Gasteiger partial charge in [0.1, 0.15) is 18.8 Å². The van der Waals surface area contributed by atoms with Crippen molar-refractivity contribution in [2.24, 2.45) is 0 Å². The Hall–Kier alpha value is -4.86. The first-order valence-corrected chi connectivity index (χ1v) is 19.1. The number of carbonyl (C=O) groups is 6. The standard InChI is InChI=1S/C41H60N4O11/c1-32(46)44(54-30-33-18-10-6-11-19-33)26-16-8-14-24-42-35(47)28-41(52,39(51)56-40(2,3)4)29-36(48)43-25-15-9-17-27-45(37(49)22-23-38(50)53-5)55-31-34-20-12-7-13-21-34/h6-7,10-13,18-21,52H,8-9,14-17,22-31H2,1-5H3,(H,42,47)(H,43,48). The van der Waals surface area contributed by atoms with Gasteiger partial charge in [0.05, 0.1) is 26.4 Å². The number of esters is 2. The number of nitrogens with zero attached hydrogens (tertiary/aromatic N) is 2. The number of hydrogen-bond acceptors (Lipinski definition) is 11. The zero-order chi connectivity index (χ0) is 41.4. The second-order valence-electron chi connectivity index (χ2n) is 14.4. The molecule has 0 aromatic heterocycles. The average molecular weight is 785 g/mol. The number of carbonyl (C=O) groups excluding carboxylic acids is 6. The third-order valence-corrected chi connectivity index (χ3v) is 8.26. The summed E-state index contributed by atoms with van der Waals surface area (Å²) in [4.78, 5) is 86.6. The second kappa shape index (κ2) is 25.3. The first-order valence-electron chi connectivity index (χ1n) is 19.1. The molecule has 0 spiro atoms. The quantitative estimate of drug-likeness (QED) is 0.0701. The van der Waals surface area contributed by atoms with E-state index in [1.54, 1.807) is 20.8 Å². The predicted octanol–water partition coefficient (Wildman–Crippen LogP) is 4.31. The highest BCUT2D eigenvalue weighted by Gasteiger charge is 2.43. The van der Waals surface area contributed by atoms with E-state index in [2.05, 4.69) is 15.4 Å². The lowest BCUT2D eigenvalue weighted by Crippen LogP contribution is -2.50. The van der Waals surface area contributed by atoms with Gasteiger partial charge in [-0.05, 0) is 70.4 Å². The van der Waals surface area contributed by atoms with Crippen LogP contribution in [0.25, 0.3) is 0 Å². The van der Waals surface area contributed by atoms with Crippen LogP contribution in [0.5, 0.6) is 0 Å². The molecule has 0 bridgehead atoms.